The normalized spacial score (nSPS) is 11.5. The van der Waals surface area contributed by atoms with Crippen LogP contribution in [0.4, 0.5) is 5.69 Å². The van der Waals surface area contributed by atoms with Crippen LogP contribution in [-0.2, 0) is 0 Å². The number of nitrogens with zero attached hydrogens (tertiary/aromatic N) is 1. The second-order valence-electron chi connectivity index (χ2n) is 2.94. The number of rotatable bonds is 2. The summed E-state index contributed by atoms with van der Waals surface area (Å²) in [5, 5.41) is 0. The molecule has 0 unspecified atom stereocenters. The van der Waals surface area contributed by atoms with Gasteiger partial charge in [-0.05, 0) is 0 Å². The molecule has 0 spiro atoms. The maximum atomic E-state index is 5.90. The van der Waals surface area contributed by atoms with E-state index in [1.807, 2.05) is 43.3 Å². The molecule has 1 rings (SSSR count). The van der Waals surface area contributed by atoms with Crippen molar-refractivity contribution >= 4 is 50.6 Å². The van der Waals surface area contributed by atoms with Gasteiger partial charge in [0.15, 0.2) is 0 Å². The Morgan fingerprint density at radius 3 is 1.77 bits per heavy atom. The third kappa shape index (κ3) is 3.24. The Bertz CT molecular complexity index is 278. The molecular formula is C8H10Cl3GeN. The number of hydrogen-bond donors (Lipinski definition) is 0. The van der Waals surface area contributed by atoms with Crippen LogP contribution in [0.5, 0.6) is 0 Å². The van der Waals surface area contributed by atoms with Gasteiger partial charge in [0.1, 0.15) is 0 Å². The molecule has 72 valence electrons. The zero-order valence-corrected chi connectivity index (χ0v) is 11.8. The summed E-state index contributed by atoms with van der Waals surface area (Å²) >= 11 is 0. The minimum atomic E-state index is -3.17. The molecule has 0 radical (unpaired) electrons. The Morgan fingerprint density at radius 1 is 1.00 bits per heavy atom. The molecule has 0 amide bonds. The standard InChI is InChI=1S/C8H10Cl3GeN/c1-13(2)8-5-3-7(4-6-8)12(9,10)11/h3-6H,1-2H3. The SMILES string of the molecule is CN(C)c1cc[c]([Ge]([Cl])([Cl])[Cl])cc1. The molecule has 13 heavy (non-hydrogen) atoms. The summed E-state index contributed by atoms with van der Waals surface area (Å²) in [6.45, 7) is 0. The number of halogens is 3. The van der Waals surface area contributed by atoms with Crippen molar-refractivity contribution in [3.05, 3.63) is 24.3 Å². The Morgan fingerprint density at radius 2 is 1.46 bits per heavy atom. The van der Waals surface area contributed by atoms with Crippen LogP contribution in [0, 0.1) is 0 Å². The average Bonchev–Trinajstić information content (AvgIpc) is 2.03. The van der Waals surface area contributed by atoms with Gasteiger partial charge in [-0.3, -0.25) is 0 Å². The molecule has 5 heteroatoms. The van der Waals surface area contributed by atoms with Crippen LogP contribution in [0.15, 0.2) is 24.3 Å². The van der Waals surface area contributed by atoms with Crippen LogP contribution in [-0.4, -0.2) is 24.6 Å². The van der Waals surface area contributed by atoms with Gasteiger partial charge < -0.3 is 0 Å². The van der Waals surface area contributed by atoms with Crippen LogP contribution >= 0.6 is 30.0 Å². The van der Waals surface area contributed by atoms with Crippen LogP contribution < -0.4 is 9.30 Å². The molecule has 0 N–H and O–H groups in total. The Labute approximate surface area is 93.5 Å². The van der Waals surface area contributed by atoms with Crippen molar-refractivity contribution in [3.63, 3.8) is 0 Å². The zero-order chi connectivity index (χ0) is 10.1. The van der Waals surface area contributed by atoms with E-state index in [-0.39, 0.29) is 0 Å². The first kappa shape index (κ1) is 11.5. The number of hydrogen-bond acceptors (Lipinski definition) is 1. The number of anilines is 1. The van der Waals surface area contributed by atoms with Gasteiger partial charge >= 0.3 is 93.9 Å². The molecule has 0 aliphatic carbocycles. The van der Waals surface area contributed by atoms with Gasteiger partial charge in [0.05, 0.1) is 0 Å². The molecule has 0 bridgehead atoms. The molecule has 1 nitrogen and oxygen atoms in total. The third-order valence-corrected chi connectivity index (χ3v) is 7.19. The molecule has 1 aromatic rings. The van der Waals surface area contributed by atoms with Gasteiger partial charge in [-0.2, -0.15) is 0 Å². The van der Waals surface area contributed by atoms with Crippen LogP contribution in [0.1, 0.15) is 0 Å². The van der Waals surface area contributed by atoms with Crippen LogP contribution in [0.25, 0.3) is 0 Å². The van der Waals surface area contributed by atoms with Crippen molar-refractivity contribution in [2.75, 3.05) is 19.0 Å². The first-order valence-corrected chi connectivity index (χ1v) is 13.1. The summed E-state index contributed by atoms with van der Waals surface area (Å²) in [5.41, 5.74) is 1.11. The van der Waals surface area contributed by atoms with E-state index in [0.29, 0.717) is 0 Å². The average molecular weight is 299 g/mol. The molecule has 0 heterocycles. The van der Waals surface area contributed by atoms with Crippen molar-refractivity contribution in [2.24, 2.45) is 0 Å². The molecular weight excluding hydrogens is 289 g/mol. The molecule has 0 saturated carbocycles. The minimum absolute atomic E-state index is 0.871. The van der Waals surface area contributed by atoms with Gasteiger partial charge in [0.25, 0.3) is 0 Å². The second kappa shape index (κ2) is 4.30. The summed E-state index contributed by atoms with van der Waals surface area (Å²) < 4.78 is 0.871. The van der Waals surface area contributed by atoms with Gasteiger partial charge in [-0.25, -0.2) is 0 Å². The predicted octanol–water partition coefficient (Wildman–Crippen LogP) is 2.61. The van der Waals surface area contributed by atoms with Crippen LogP contribution in [0.2, 0.25) is 0 Å². The van der Waals surface area contributed by atoms with E-state index in [2.05, 4.69) is 0 Å². The zero-order valence-electron chi connectivity index (χ0n) is 7.39. The van der Waals surface area contributed by atoms with Crippen molar-refractivity contribution in [2.45, 2.75) is 0 Å². The monoisotopic (exact) mass is 299 g/mol. The quantitative estimate of drug-likeness (QED) is 0.759. The van der Waals surface area contributed by atoms with E-state index in [0.717, 1.165) is 10.1 Å². The second-order valence-corrected chi connectivity index (χ2v) is 18.1. The Balaban J connectivity index is 2.94. The molecule has 0 fully saturated rings. The molecule has 0 saturated heterocycles. The Hall–Kier alpha value is 0.433. The Kier molecular flexibility index (Phi) is 3.81. The topological polar surface area (TPSA) is 3.24 Å². The van der Waals surface area contributed by atoms with Crippen molar-refractivity contribution in [1.29, 1.82) is 0 Å². The predicted molar refractivity (Wildman–Crippen MR) is 63.7 cm³/mol. The fourth-order valence-electron chi connectivity index (χ4n) is 0.949. The van der Waals surface area contributed by atoms with Gasteiger partial charge in [-0.15, -0.1) is 0 Å². The molecule has 0 atom stereocenters. The van der Waals surface area contributed by atoms with E-state index in [4.69, 9.17) is 30.0 Å². The van der Waals surface area contributed by atoms with Gasteiger partial charge in [-0.1, -0.05) is 0 Å². The maximum absolute atomic E-state index is 5.90. The van der Waals surface area contributed by atoms with E-state index in [1.165, 1.54) is 0 Å². The summed E-state index contributed by atoms with van der Waals surface area (Å²) in [5.74, 6) is 0. The van der Waals surface area contributed by atoms with Gasteiger partial charge in [0, 0.05) is 0 Å². The molecule has 1 aromatic carbocycles. The summed E-state index contributed by atoms with van der Waals surface area (Å²) in [6.07, 6.45) is 0. The summed E-state index contributed by atoms with van der Waals surface area (Å²) in [6, 6.07) is 7.70. The summed E-state index contributed by atoms with van der Waals surface area (Å²) in [4.78, 5) is 2.01. The van der Waals surface area contributed by atoms with Crippen molar-refractivity contribution in [3.8, 4) is 0 Å². The first-order chi connectivity index (χ1) is 5.91. The van der Waals surface area contributed by atoms with Gasteiger partial charge in [0.2, 0.25) is 0 Å². The molecule has 0 aliphatic rings. The van der Waals surface area contributed by atoms with E-state index in [9.17, 15) is 0 Å². The van der Waals surface area contributed by atoms with Crippen molar-refractivity contribution in [1.82, 2.24) is 0 Å². The van der Waals surface area contributed by atoms with Crippen LogP contribution in [0.3, 0.4) is 0 Å². The van der Waals surface area contributed by atoms with E-state index < -0.39 is 10.5 Å². The fraction of sp³-hybridized carbons (Fsp3) is 0.250. The van der Waals surface area contributed by atoms with E-state index >= 15 is 0 Å². The first-order valence-electron chi connectivity index (χ1n) is 3.76. The van der Waals surface area contributed by atoms with Crippen molar-refractivity contribution < 1.29 is 0 Å². The molecule has 0 aromatic heterocycles. The molecule has 0 aliphatic heterocycles. The third-order valence-electron chi connectivity index (χ3n) is 1.71. The summed E-state index contributed by atoms with van der Waals surface area (Å²) in [7, 11) is 18.5. The fourth-order valence-corrected chi connectivity index (χ4v) is 4.06. The number of benzene rings is 1. The van der Waals surface area contributed by atoms with E-state index in [1.54, 1.807) is 0 Å².